The normalized spacial score (nSPS) is 11.5. The Labute approximate surface area is 115 Å². The highest BCUT2D eigenvalue weighted by molar-refractivity contribution is 5.93. The van der Waals surface area contributed by atoms with Crippen LogP contribution in [0.1, 0.15) is 31.3 Å². The maximum absolute atomic E-state index is 12.1. The van der Waals surface area contributed by atoms with E-state index in [-0.39, 0.29) is 11.4 Å². The number of carbonyl (C=O) groups excluding carboxylic acids is 1. The minimum Gasteiger partial charge on any atom is -0.385 e. The van der Waals surface area contributed by atoms with Gasteiger partial charge in [-0.15, -0.1) is 0 Å². The molecular weight excluding hydrogens is 240 g/mol. The Kier molecular flexibility index (Phi) is 5.30. The highest BCUT2D eigenvalue weighted by Gasteiger charge is 2.21. The lowest BCUT2D eigenvalue weighted by atomic mass is 10.0. The third kappa shape index (κ3) is 4.52. The molecule has 0 fully saturated rings. The number of hydrogen-bond donors (Lipinski definition) is 2. The van der Waals surface area contributed by atoms with E-state index in [1.54, 1.807) is 12.3 Å². The van der Waals surface area contributed by atoms with Crippen molar-refractivity contribution in [1.82, 2.24) is 15.2 Å². The summed E-state index contributed by atoms with van der Waals surface area (Å²) < 4.78 is 0. The lowest BCUT2D eigenvalue weighted by molar-refractivity contribution is 0.0915. The zero-order valence-electron chi connectivity index (χ0n) is 12.4. The Morgan fingerprint density at radius 3 is 2.68 bits per heavy atom. The Hall–Kier alpha value is -1.62. The molecule has 0 bridgehead atoms. The number of nitrogens with zero attached hydrogens (tertiary/aromatic N) is 2. The summed E-state index contributed by atoms with van der Waals surface area (Å²) >= 11 is 0. The summed E-state index contributed by atoms with van der Waals surface area (Å²) in [5.41, 5.74) is 1.26. The van der Waals surface area contributed by atoms with E-state index in [4.69, 9.17) is 0 Å². The first-order valence-electron chi connectivity index (χ1n) is 6.52. The molecule has 0 atom stereocenters. The Morgan fingerprint density at radius 2 is 2.11 bits per heavy atom. The number of nitrogens with one attached hydrogen (secondary N) is 2. The summed E-state index contributed by atoms with van der Waals surface area (Å²) in [4.78, 5) is 18.2. The first-order valence-corrected chi connectivity index (χ1v) is 6.52. The molecule has 0 saturated heterocycles. The number of aromatic nitrogens is 1. The van der Waals surface area contributed by atoms with E-state index >= 15 is 0 Å². The number of pyridine rings is 1. The van der Waals surface area contributed by atoms with Crippen LogP contribution in [0.15, 0.2) is 18.3 Å². The van der Waals surface area contributed by atoms with Gasteiger partial charge in [-0.3, -0.25) is 9.78 Å². The monoisotopic (exact) mass is 264 g/mol. The molecule has 5 heteroatoms. The van der Waals surface area contributed by atoms with Gasteiger partial charge in [-0.05, 0) is 47.0 Å². The van der Waals surface area contributed by atoms with Crippen molar-refractivity contribution in [2.45, 2.75) is 26.3 Å². The van der Waals surface area contributed by atoms with Crippen LogP contribution in [0.4, 0.5) is 5.69 Å². The van der Waals surface area contributed by atoms with Crippen LogP contribution in [-0.2, 0) is 0 Å². The number of carbonyl (C=O) groups is 1. The molecule has 0 unspecified atom stereocenters. The van der Waals surface area contributed by atoms with Gasteiger partial charge in [-0.25, -0.2) is 0 Å². The number of likely N-dealkylation sites (N-methyl/N-ethyl adjacent to an activating group) is 1. The fraction of sp³-hybridized carbons (Fsp3) is 0.571. The Bertz CT molecular complexity index is 429. The predicted molar refractivity (Wildman–Crippen MR) is 78.5 cm³/mol. The van der Waals surface area contributed by atoms with Gasteiger partial charge in [0.05, 0.1) is 0 Å². The highest BCUT2D eigenvalue weighted by atomic mass is 16.1. The van der Waals surface area contributed by atoms with Crippen molar-refractivity contribution in [3.63, 3.8) is 0 Å². The largest absolute Gasteiger partial charge is 0.385 e. The van der Waals surface area contributed by atoms with Crippen LogP contribution >= 0.6 is 0 Å². The van der Waals surface area contributed by atoms with Gasteiger partial charge in [-0.2, -0.15) is 0 Å². The minimum absolute atomic E-state index is 0.0884. The van der Waals surface area contributed by atoms with E-state index in [1.165, 1.54) is 0 Å². The zero-order valence-corrected chi connectivity index (χ0v) is 12.4. The lowest BCUT2D eigenvalue weighted by Gasteiger charge is -2.32. The van der Waals surface area contributed by atoms with Crippen LogP contribution < -0.4 is 10.6 Å². The summed E-state index contributed by atoms with van der Waals surface area (Å²) in [5, 5.41) is 6.08. The van der Waals surface area contributed by atoms with Gasteiger partial charge in [-0.1, -0.05) is 0 Å². The molecule has 1 amide bonds. The Morgan fingerprint density at radius 1 is 1.42 bits per heavy atom. The van der Waals surface area contributed by atoms with Gasteiger partial charge >= 0.3 is 0 Å². The van der Waals surface area contributed by atoms with Crippen molar-refractivity contribution in [3.05, 3.63) is 24.0 Å². The molecule has 5 nitrogen and oxygen atoms in total. The first-order chi connectivity index (χ1) is 8.86. The van der Waals surface area contributed by atoms with Gasteiger partial charge in [0.25, 0.3) is 5.91 Å². The highest BCUT2D eigenvalue weighted by Crippen LogP contribution is 2.10. The molecule has 0 saturated carbocycles. The molecule has 1 heterocycles. The van der Waals surface area contributed by atoms with Gasteiger partial charge < -0.3 is 15.5 Å². The second kappa shape index (κ2) is 6.52. The molecular formula is C14H24N4O. The van der Waals surface area contributed by atoms with Crippen molar-refractivity contribution in [2.24, 2.45) is 0 Å². The van der Waals surface area contributed by atoms with Crippen molar-refractivity contribution in [3.8, 4) is 0 Å². The van der Waals surface area contributed by atoms with E-state index < -0.39 is 0 Å². The summed E-state index contributed by atoms with van der Waals surface area (Å²) in [6.45, 7) is 7.57. The first kappa shape index (κ1) is 15.4. The Balaban J connectivity index is 2.66. The average Bonchev–Trinajstić information content (AvgIpc) is 2.36. The summed E-state index contributed by atoms with van der Waals surface area (Å²) in [6.07, 6.45) is 1.64. The molecule has 1 rings (SSSR count). The molecule has 106 valence electrons. The third-order valence-corrected chi connectivity index (χ3v) is 3.27. The minimum atomic E-state index is -0.144. The fourth-order valence-electron chi connectivity index (χ4n) is 1.41. The van der Waals surface area contributed by atoms with Crippen LogP contribution in [0.25, 0.3) is 0 Å². The molecule has 0 aliphatic heterocycles. The molecule has 1 aromatic heterocycles. The van der Waals surface area contributed by atoms with Crippen molar-refractivity contribution in [2.75, 3.05) is 32.5 Å². The van der Waals surface area contributed by atoms with Crippen LogP contribution in [0.5, 0.6) is 0 Å². The summed E-state index contributed by atoms with van der Waals surface area (Å²) in [6, 6.07) is 3.62. The molecule has 1 aromatic rings. The molecule has 0 aliphatic rings. The SMILES string of the molecule is CCNc1ccnc(C(=O)NCC(C)(C)N(C)C)c1. The molecule has 0 aliphatic carbocycles. The zero-order chi connectivity index (χ0) is 14.5. The van der Waals surface area contributed by atoms with Gasteiger partial charge in [0.2, 0.25) is 0 Å². The van der Waals surface area contributed by atoms with Crippen molar-refractivity contribution < 1.29 is 4.79 Å². The van der Waals surface area contributed by atoms with Crippen molar-refractivity contribution in [1.29, 1.82) is 0 Å². The summed E-state index contributed by atoms with van der Waals surface area (Å²) in [5.74, 6) is -0.144. The van der Waals surface area contributed by atoms with Crippen molar-refractivity contribution >= 4 is 11.6 Å². The topological polar surface area (TPSA) is 57.3 Å². The smallest absolute Gasteiger partial charge is 0.270 e. The third-order valence-electron chi connectivity index (χ3n) is 3.27. The number of anilines is 1. The number of amides is 1. The molecule has 19 heavy (non-hydrogen) atoms. The fourth-order valence-corrected chi connectivity index (χ4v) is 1.41. The van der Waals surface area contributed by atoms with Crippen LogP contribution in [0, 0.1) is 0 Å². The number of rotatable bonds is 6. The maximum atomic E-state index is 12.1. The number of hydrogen-bond acceptors (Lipinski definition) is 4. The van der Waals surface area contributed by atoms with Crippen LogP contribution in [0.3, 0.4) is 0 Å². The average molecular weight is 264 g/mol. The molecule has 0 spiro atoms. The van der Waals surface area contributed by atoms with Crippen LogP contribution in [-0.4, -0.2) is 48.5 Å². The second-order valence-corrected chi connectivity index (χ2v) is 5.35. The molecule has 0 radical (unpaired) electrons. The maximum Gasteiger partial charge on any atom is 0.270 e. The van der Waals surface area contributed by atoms with Gasteiger partial charge in [0.15, 0.2) is 0 Å². The standard InChI is InChI=1S/C14H24N4O/c1-6-15-11-7-8-16-12(9-11)13(19)17-10-14(2,3)18(4)5/h7-9H,6,10H2,1-5H3,(H,15,16)(H,17,19). The predicted octanol–water partition coefficient (Wildman–Crippen LogP) is 1.58. The van der Waals surface area contributed by atoms with E-state index in [0.717, 1.165) is 12.2 Å². The van der Waals surface area contributed by atoms with E-state index in [0.29, 0.717) is 12.2 Å². The molecule has 0 aromatic carbocycles. The van der Waals surface area contributed by atoms with Gasteiger partial charge in [0, 0.05) is 30.5 Å². The quantitative estimate of drug-likeness (QED) is 0.819. The van der Waals surface area contributed by atoms with E-state index in [9.17, 15) is 4.79 Å². The van der Waals surface area contributed by atoms with E-state index in [2.05, 4.69) is 34.4 Å². The molecule has 2 N–H and O–H groups in total. The summed E-state index contributed by atoms with van der Waals surface area (Å²) in [7, 11) is 3.99. The van der Waals surface area contributed by atoms with Crippen LogP contribution in [0.2, 0.25) is 0 Å². The van der Waals surface area contributed by atoms with Gasteiger partial charge in [0.1, 0.15) is 5.69 Å². The second-order valence-electron chi connectivity index (χ2n) is 5.35. The lowest BCUT2D eigenvalue weighted by Crippen LogP contribution is -2.48. The van der Waals surface area contributed by atoms with E-state index in [1.807, 2.05) is 27.1 Å².